The number of imidazole rings is 1. The van der Waals surface area contributed by atoms with Crippen molar-refractivity contribution in [2.75, 3.05) is 18.1 Å². The van der Waals surface area contributed by atoms with E-state index in [-0.39, 0.29) is 200 Å². The molecule has 0 aliphatic carbocycles. The molecule has 49 nitrogen and oxygen atoms in total. The van der Waals surface area contributed by atoms with Gasteiger partial charge in [-0.2, -0.15) is 0 Å². The van der Waals surface area contributed by atoms with Crippen molar-refractivity contribution in [1.29, 1.82) is 0 Å². The maximum Gasteiger partial charge on any atom is 2.00 e. The van der Waals surface area contributed by atoms with E-state index in [2.05, 4.69) is 63.1 Å². The molecule has 744 valence electrons. The first kappa shape index (κ1) is 127. The molecule has 2 radical (unpaired) electrons. The van der Waals surface area contributed by atoms with Crippen LogP contribution in [0.15, 0.2) is 12.5 Å². The Labute approximate surface area is 851 Å². The molecule has 136 heavy (non-hydrogen) atoms. The Kier molecular flexibility index (Phi) is 55.8. The van der Waals surface area contributed by atoms with Crippen molar-refractivity contribution in [2.45, 2.75) is 256 Å². The first-order valence-electron chi connectivity index (χ1n) is 41.4. The molecule has 0 saturated carbocycles. The van der Waals surface area contributed by atoms with Crippen molar-refractivity contribution in [3.63, 3.8) is 0 Å². The number of nitrogens with one attached hydrogen (secondary N) is 11. The van der Waals surface area contributed by atoms with E-state index in [4.69, 9.17) is 57.1 Å². The van der Waals surface area contributed by atoms with Crippen LogP contribution in [-0.4, -0.2) is 342 Å². The van der Waals surface area contributed by atoms with E-state index < -0.39 is 240 Å². The number of fused-ring (bicyclic) bond motifs is 7. The third-order valence-electron chi connectivity index (χ3n) is 21.0. The molecule has 2 unspecified atom stereocenters. The van der Waals surface area contributed by atoms with Crippen LogP contribution in [-0.2, 0) is 107 Å². The fraction of sp³-hybridized carbons (Fsp3) is 0.562. The number of rotatable bonds is 39. The van der Waals surface area contributed by atoms with Crippen LogP contribution in [0.2, 0.25) is 0 Å². The number of unbranched alkanes of at least 4 members (excludes halogenated alkanes) is 1. The fourth-order valence-electron chi connectivity index (χ4n) is 13.5. The number of aromatic nitrogens is 10. The number of carbonyl (C=O) groups excluding carboxylic acids is 11. The van der Waals surface area contributed by atoms with Crippen LogP contribution in [0.3, 0.4) is 0 Å². The fourth-order valence-corrected chi connectivity index (χ4v) is 18.7. The van der Waals surface area contributed by atoms with Crippen molar-refractivity contribution in [3.8, 4) is 0 Å². The maximum atomic E-state index is 15.5. The Hall–Kier alpha value is -9.31. The summed E-state index contributed by atoms with van der Waals surface area (Å²) in [5, 5.41) is 83.7. The van der Waals surface area contributed by atoms with Gasteiger partial charge in [0.05, 0.1) is 47.5 Å². The van der Waals surface area contributed by atoms with E-state index in [0.717, 1.165) is 50.1 Å². The molecule has 7 heterocycles. The van der Waals surface area contributed by atoms with Gasteiger partial charge in [-0.05, 0) is 170 Å². The number of nitrogens with two attached hydrogens (primary N) is 3. The number of H-pyrrole nitrogens is 1. The van der Waals surface area contributed by atoms with Crippen molar-refractivity contribution >= 4 is 242 Å². The molecule has 56 heteroatoms. The van der Waals surface area contributed by atoms with Gasteiger partial charge < -0.3 is 158 Å². The number of aliphatic carboxylic acids is 5. The van der Waals surface area contributed by atoms with Crippen LogP contribution >= 0.6 is 43.2 Å². The molecule has 0 fully saturated rings. The van der Waals surface area contributed by atoms with Gasteiger partial charge in [0.25, 0.3) is 0 Å². The van der Waals surface area contributed by atoms with E-state index >= 15 is 19.2 Å². The Morgan fingerprint density at radius 2 is 1.06 bits per heavy atom. The van der Waals surface area contributed by atoms with Gasteiger partial charge in [-0.3, -0.25) is 71.9 Å². The minimum atomic E-state index is -1.94. The normalized spacial score (nSPS) is 18.1. The number of amides is 11. The molecule has 0 saturated heterocycles. The minimum absolute atomic E-state index is 0. The van der Waals surface area contributed by atoms with Gasteiger partial charge in [0.15, 0.2) is 0 Å². The number of carboxylic acids is 5. The summed E-state index contributed by atoms with van der Waals surface area (Å²) in [5.41, 5.74) is 21.1. The molecule has 0 aromatic carbocycles. The number of carbonyl (C=O) groups is 16. The molecule has 31 N–H and O–H groups in total. The first-order chi connectivity index (χ1) is 60.8. The van der Waals surface area contributed by atoms with Crippen molar-refractivity contribution in [1.82, 2.24) is 103 Å². The van der Waals surface area contributed by atoms with E-state index in [1.165, 1.54) is 33.3 Å². The summed E-state index contributed by atoms with van der Waals surface area (Å²) in [4.78, 5) is 265. The summed E-state index contributed by atoms with van der Waals surface area (Å²) in [6, 6.07) is -18.1. The smallest absolute Gasteiger partial charge is 0.481 e. The summed E-state index contributed by atoms with van der Waals surface area (Å²) in [6.45, 7) is 19.0. The quantitative estimate of drug-likeness (QED) is 0.0114. The Bertz CT molecular complexity index is 5130. The number of allylic oxidation sites excluding steroid dienone is 3. The first-order valence-corrected chi connectivity index (χ1v) is 46.2. The largest absolute Gasteiger partial charge is 2.00 e. The molecule has 0 spiro atoms. The molecule has 4 aromatic rings. The molecule has 11 amide bonds. The van der Waals surface area contributed by atoms with Crippen LogP contribution in [0.4, 0.5) is 0 Å². The summed E-state index contributed by atoms with van der Waals surface area (Å²) in [6.07, 6.45) is -3.63. The van der Waals surface area contributed by atoms with Crippen molar-refractivity contribution in [3.05, 3.63) is 63.8 Å². The van der Waals surface area contributed by atoms with Crippen LogP contribution in [0.5, 0.6) is 0 Å². The van der Waals surface area contributed by atoms with Crippen molar-refractivity contribution < 1.29 is 146 Å². The van der Waals surface area contributed by atoms with E-state index in [1.807, 2.05) is 0 Å². The van der Waals surface area contributed by atoms with Crippen LogP contribution in [0.25, 0.3) is 44.9 Å². The number of aliphatic hydroxyl groups excluding tert-OH is 1. The van der Waals surface area contributed by atoms with Crippen LogP contribution < -0.4 is 80.3 Å². The number of aromatic amines is 1. The third-order valence-corrected chi connectivity index (χ3v) is 26.7. The monoisotopic (exact) mass is 2050 g/mol. The molecule has 3 aliphatic heterocycles. The van der Waals surface area contributed by atoms with Gasteiger partial charge in [-0.1, -0.05) is 70.9 Å². The average Bonchev–Trinajstić information content (AvgIpc) is 1.61. The zero-order chi connectivity index (χ0) is 95.7. The molecule has 14 atom stereocenters. The minimum Gasteiger partial charge on any atom is -0.481 e. The number of nitrogens with zero attached hydrogens (tertiary/aromatic N) is 9. The molecule has 4 aromatic heterocycles. The van der Waals surface area contributed by atoms with E-state index in [0.29, 0.717) is 51.0 Å². The SMILES string of the molecule is CC1=C(CCC(=O)O)c2nc1nc1[n-]c3nc4nc(nc5[n-]c(n2)c(CCC(=O)O)c5C)C(=C4C)C(C)SSC[C@H](NC(=O)[C@H](CCCCN)NC(=O)[C@H](CCC(=O)O)NC(=O)[C@@H](N)C(C)C)C(=O)N[C@@H](C)C(=O)N[C@@H](CCC(N)=O)C(=O)N[C@H](C(=O)N[C@@H](Cc2c[nH]cn2)C(=O)N[C@H](C(=O)N[C@H](C(=O)N[C@@H](CCC(=O)O)C(=O)O)C(C)C)[C@@H](C)O)CSSC(C)c3c1C.O.O.O.O.[Fe+2].[Na].[Na]. The molecular weight excluding hydrogens is 1930 g/mol. The van der Waals surface area contributed by atoms with E-state index in [9.17, 15) is 88.2 Å². The van der Waals surface area contributed by atoms with E-state index in [1.54, 1.807) is 55.4 Å². The second-order valence-electron chi connectivity index (χ2n) is 31.7. The number of aryl methyl sites for hydroxylation is 3. The average molecular weight is 2050 g/mol. The molecule has 7 rings (SSSR count). The zero-order valence-corrected chi connectivity index (χ0v) is 85.7. The summed E-state index contributed by atoms with van der Waals surface area (Å²) >= 11 is 0. The standard InChI is InChI=1S/C80H113N23O22S4.Fe.2Na.4H2O/c1-32(2)59(83)77(121)89-47(19-24-55(110)111)72(116)88-45(15-13-14-26-81)71(115)92-50-29-126-128-41(12)58-37(8)65-101-68(58)99-63-35(6)44(17-23-54(108)109)67(98-63)103-66-43(16-22-53(106)107)34(5)62(97-66)96-64-36(7)57(69(100-64)102-65)40(11)129-127-30-51(93-73(117)46(18-21-52(82)105)87-70(114)38(9)86-75(50)119)76(120)91-49(27-42-28-84-31-85-42)74(118)95-61(39(10)104)79(123)94-60(33(3)4)78(122)90-48(80(124)125)20-25-56(112)113;;;;;;;/h28,31-33,38-41,45-51,59-61,104H,13-27,29-30,81,83H2,1-12H3,(H20,82,84,85,86,87,88,89,90,91,92,93,94,95,96,97,98,99,100,101,102,103,105,106,107,108,109,110,111,112,113,114,115,116,117,118,119,120,121,122,123,124,125);;;;4*1H2/q;+2;;;;;;/p-2/t38-,39+,40?,41?,45-,46-,47-,48-,49-,50-,51-,59-,60-,61-;;;;;;;/m0......./s1. The summed E-state index contributed by atoms with van der Waals surface area (Å²) in [7, 11) is 4.27. The van der Waals surface area contributed by atoms with Gasteiger partial charge in [0.2, 0.25) is 65.0 Å². The number of carboxylic acid groups (broad SMARTS) is 5. The Morgan fingerprint density at radius 3 is 1.64 bits per heavy atom. The zero-order valence-electron chi connectivity index (χ0n) is 77.4. The van der Waals surface area contributed by atoms with Gasteiger partial charge in [-0.15, -0.1) is 0 Å². The Balaban J connectivity index is 0.0000260. The van der Waals surface area contributed by atoms with Gasteiger partial charge >= 0.3 is 46.9 Å². The number of aliphatic hydroxyl groups is 1. The summed E-state index contributed by atoms with van der Waals surface area (Å²) in [5.74, 6) is -20.0. The second kappa shape index (κ2) is 59.9. The van der Waals surface area contributed by atoms with Crippen LogP contribution in [0.1, 0.15) is 203 Å². The third kappa shape index (κ3) is 36.8. The molecular formula is C80H119FeN23Na2O26S4. The predicted molar refractivity (Wildman–Crippen MR) is 501 cm³/mol. The molecule has 9 bridgehead atoms. The number of hydrogen-bond acceptors (Lipinski definition) is 30. The van der Waals surface area contributed by atoms with Crippen molar-refractivity contribution in [2.24, 2.45) is 29.0 Å². The predicted octanol–water partition coefficient (Wildman–Crippen LogP) is -4.26. The topological polar surface area (TPSA) is 853 Å². The van der Waals surface area contributed by atoms with Gasteiger partial charge in [-0.25, -0.2) is 19.7 Å². The Morgan fingerprint density at radius 1 is 0.537 bits per heavy atom. The maximum absolute atomic E-state index is 15.5. The van der Waals surface area contributed by atoms with Gasteiger partial charge in [0, 0.05) is 148 Å². The second-order valence-corrected chi connectivity index (χ2v) is 37.2. The van der Waals surface area contributed by atoms with Gasteiger partial charge in [0.1, 0.15) is 60.4 Å². The number of hydrogen-bond donors (Lipinski definition) is 20. The molecule has 3 aliphatic rings. The number of primary amides is 1. The van der Waals surface area contributed by atoms with Crippen LogP contribution in [0, 0.1) is 25.7 Å². The summed E-state index contributed by atoms with van der Waals surface area (Å²) < 4.78 is 0.